The van der Waals surface area contributed by atoms with Crippen LogP contribution in [0, 0.1) is 0 Å². The Morgan fingerprint density at radius 3 is 2.46 bits per heavy atom. The van der Waals surface area contributed by atoms with Crippen LogP contribution in [-0.4, -0.2) is 31.6 Å². The molecule has 210 valence electrons. The Bertz CT molecular complexity index is 1520. The summed E-state index contributed by atoms with van der Waals surface area (Å²) in [5, 5.41) is 17.8. The van der Waals surface area contributed by atoms with E-state index in [2.05, 4.69) is 87.2 Å². The molecule has 0 bridgehead atoms. The van der Waals surface area contributed by atoms with Gasteiger partial charge in [0.2, 0.25) is 5.82 Å². The molecule has 3 aromatic carbocycles. The lowest BCUT2D eigenvalue weighted by atomic mass is 9.84. The van der Waals surface area contributed by atoms with Crippen molar-refractivity contribution in [3.63, 3.8) is 0 Å². The molecule has 1 N–H and O–H groups in total. The van der Waals surface area contributed by atoms with Crippen LogP contribution in [0.4, 0.5) is 5.13 Å². The highest BCUT2D eigenvalue weighted by atomic mass is 32.1. The van der Waals surface area contributed by atoms with Crippen LogP contribution in [0.5, 0.6) is 5.75 Å². The minimum absolute atomic E-state index is 0.264. The highest BCUT2D eigenvalue weighted by molar-refractivity contribution is 7.14. The average molecular weight is 565 g/mol. The summed E-state index contributed by atoms with van der Waals surface area (Å²) in [4.78, 5) is 7.32. The van der Waals surface area contributed by atoms with E-state index < -0.39 is 0 Å². The molecule has 5 aromatic rings. The van der Waals surface area contributed by atoms with E-state index in [-0.39, 0.29) is 6.04 Å². The lowest BCUT2D eigenvalue weighted by Crippen LogP contribution is -2.30. The van der Waals surface area contributed by atoms with Gasteiger partial charge in [-0.05, 0) is 78.8 Å². The third-order valence-corrected chi connectivity index (χ3v) is 8.80. The molecule has 0 spiro atoms. The van der Waals surface area contributed by atoms with Crippen molar-refractivity contribution in [3.8, 4) is 28.4 Å². The monoisotopic (exact) mass is 564 g/mol. The van der Waals surface area contributed by atoms with Crippen molar-refractivity contribution in [2.45, 2.75) is 71.1 Å². The molecule has 0 amide bonds. The summed E-state index contributed by atoms with van der Waals surface area (Å²) < 4.78 is 6.11. The number of H-pyrrole nitrogens is 1. The van der Waals surface area contributed by atoms with Gasteiger partial charge in [-0.1, -0.05) is 67.8 Å². The zero-order valence-corrected chi connectivity index (χ0v) is 24.5. The molecule has 0 atom stereocenters. The summed E-state index contributed by atoms with van der Waals surface area (Å²) in [7, 11) is 0. The average Bonchev–Trinajstić information content (AvgIpc) is 3.73. The van der Waals surface area contributed by atoms with Crippen molar-refractivity contribution in [2.75, 3.05) is 4.90 Å². The molecule has 1 aliphatic carbocycles. The fourth-order valence-corrected chi connectivity index (χ4v) is 6.51. The van der Waals surface area contributed by atoms with Gasteiger partial charge in [0.05, 0.1) is 5.69 Å². The zero-order valence-electron chi connectivity index (χ0n) is 23.7. The molecule has 0 radical (unpaired) electrons. The molecule has 8 heteroatoms. The quantitative estimate of drug-likeness (QED) is 0.185. The van der Waals surface area contributed by atoms with E-state index in [9.17, 15) is 0 Å². The van der Waals surface area contributed by atoms with E-state index in [1.165, 1.54) is 43.2 Å². The van der Waals surface area contributed by atoms with Crippen molar-refractivity contribution in [2.24, 2.45) is 0 Å². The Morgan fingerprint density at radius 2 is 1.73 bits per heavy atom. The fraction of sp³-hybridized carbons (Fsp3) is 0.333. The summed E-state index contributed by atoms with van der Waals surface area (Å²) in [6.45, 7) is 5.64. The zero-order chi connectivity index (χ0) is 28.0. The first kappa shape index (κ1) is 27.1. The summed E-state index contributed by atoms with van der Waals surface area (Å²) in [6, 6.07) is 25.7. The smallest absolute Gasteiger partial charge is 0.205 e. The van der Waals surface area contributed by atoms with E-state index in [1.807, 2.05) is 30.3 Å². The fourth-order valence-electron chi connectivity index (χ4n) is 5.55. The predicted molar refractivity (Wildman–Crippen MR) is 165 cm³/mol. The maximum absolute atomic E-state index is 6.11. The van der Waals surface area contributed by atoms with E-state index in [4.69, 9.17) is 9.72 Å². The van der Waals surface area contributed by atoms with Crippen molar-refractivity contribution < 1.29 is 4.74 Å². The summed E-state index contributed by atoms with van der Waals surface area (Å²) in [6.07, 6.45) is 6.77. The highest BCUT2D eigenvalue weighted by Gasteiger charge is 2.19. The number of nitrogens with one attached hydrogen (secondary N) is 1. The Labute approximate surface area is 245 Å². The second-order valence-corrected chi connectivity index (χ2v) is 11.9. The number of thiazole rings is 1. The van der Waals surface area contributed by atoms with Gasteiger partial charge in [-0.25, -0.2) is 4.98 Å². The van der Waals surface area contributed by atoms with Crippen molar-refractivity contribution >= 4 is 16.5 Å². The first-order chi connectivity index (χ1) is 20.1. The molecule has 2 heterocycles. The van der Waals surface area contributed by atoms with Gasteiger partial charge < -0.3 is 9.64 Å². The number of hydrogen-bond acceptors (Lipinski definition) is 7. The second kappa shape index (κ2) is 12.6. The van der Waals surface area contributed by atoms with Crippen LogP contribution in [0.3, 0.4) is 0 Å². The first-order valence-corrected chi connectivity index (χ1v) is 15.4. The number of benzene rings is 3. The number of aromatic nitrogens is 5. The molecule has 0 aliphatic heterocycles. The van der Waals surface area contributed by atoms with E-state index in [0.717, 1.165) is 39.2 Å². The molecule has 7 nitrogen and oxygen atoms in total. The van der Waals surface area contributed by atoms with Crippen LogP contribution in [-0.2, 0) is 13.2 Å². The van der Waals surface area contributed by atoms with Gasteiger partial charge in [0.25, 0.3) is 0 Å². The van der Waals surface area contributed by atoms with Crippen molar-refractivity contribution in [1.82, 2.24) is 25.6 Å². The first-order valence-electron chi connectivity index (χ1n) is 14.5. The Balaban J connectivity index is 1.10. The van der Waals surface area contributed by atoms with Crippen molar-refractivity contribution in [3.05, 3.63) is 94.9 Å². The Morgan fingerprint density at radius 1 is 0.951 bits per heavy atom. The number of anilines is 1. The largest absolute Gasteiger partial charge is 0.489 e. The van der Waals surface area contributed by atoms with Crippen LogP contribution in [0.1, 0.15) is 68.6 Å². The molecule has 1 aliphatic rings. The van der Waals surface area contributed by atoms with E-state index >= 15 is 0 Å². The summed E-state index contributed by atoms with van der Waals surface area (Å²) in [5.74, 6) is 2.20. The van der Waals surface area contributed by atoms with Gasteiger partial charge in [-0.2, -0.15) is 5.21 Å². The van der Waals surface area contributed by atoms with Crippen LogP contribution in [0.15, 0.2) is 78.2 Å². The lowest BCUT2D eigenvalue weighted by Gasteiger charge is -2.27. The van der Waals surface area contributed by atoms with Crippen LogP contribution >= 0.6 is 11.3 Å². The lowest BCUT2D eigenvalue weighted by molar-refractivity contribution is 0.306. The van der Waals surface area contributed by atoms with Crippen LogP contribution in [0.25, 0.3) is 22.6 Å². The van der Waals surface area contributed by atoms with Gasteiger partial charge in [0.1, 0.15) is 12.4 Å². The summed E-state index contributed by atoms with van der Waals surface area (Å²) >= 11 is 1.66. The minimum atomic E-state index is 0.264. The van der Waals surface area contributed by atoms with E-state index in [1.54, 1.807) is 11.3 Å². The maximum atomic E-state index is 6.11. The standard InChI is InChI=1S/C33H36N6OS/c1-23(2)39(20-28-10-6-7-11-30(28)32-35-37-38-36-32)33-34-31(22-41-33)27-16-18-29(19-17-27)40-21-24-12-14-26(15-13-24)25-8-4-3-5-9-25/h6-7,10-19,22-23,25H,3-5,8-9,20-21H2,1-2H3,(H,35,36,37,38). The molecule has 41 heavy (non-hydrogen) atoms. The predicted octanol–water partition coefficient (Wildman–Crippen LogP) is 8.03. The number of aromatic amines is 1. The van der Waals surface area contributed by atoms with Gasteiger partial charge in [-0.15, -0.1) is 21.5 Å². The topological polar surface area (TPSA) is 79.8 Å². The number of hydrogen-bond donors (Lipinski definition) is 1. The number of nitrogens with zero attached hydrogens (tertiary/aromatic N) is 5. The molecule has 0 unspecified atom stereocenters. The number of rotatable bonds is 10. The number of tetrazole rings is 1. The van der Waals surface area contributed by atoms with E-state index in [0.29, 0.717) is 19.0 Å². The minimum Gasteiger partial charge on any atom is -0.489 e. The summed E-state index contributed by atoms with van der Waals surface area (Å²) in [5.41, 5.74) is 6.82. The van der Waals surface area contributed by atoms with Crippen LogP contribution in [0.2, 0.25) is 0 Å². The Hall–Kier alpha value is -4.04. The molecule has 6 rings (SSSR count). The third kappa shape index (κ3) is 6.49. The molecule has 2 aromatic heterocycles. The van der Waals surface area contributed by atoms with Gasteiger partial charge in [0.15, 0.2) is 5.13 Å². The van der Waals surface area contributed by atoms with Gasteiger partial charge in [0, 0.05) is 29.1 Å². The molecule has 1 fully saturated rings. The SMILES string of the molecule is CC(C)N(Cc1ccccc1-c1nn[nH]n1)c1nc(-c2ccc(OCc3ccc(C4CCCCC4)cc3)cc2)cs1. The molecular weight excluding hydrogens is 528 g/mol. The van der Waals surface area contributed by atoms with Crippen LogP contribution < -0.4 is 9.64 Å². The Kier molecular flexibility index (Phi) is 8.37. The molecule has 0 saturated heterocycles. The molecular formula is C33H36N6OS. The highest BCUT2D eigenvalue weighted by Crippen LogP contribution is 2.34. The third-order valence-electron chi connectivity index (χ3n) is 7.92. The van der Waals surface area contributed by atoms with Gasteiger partial charge >= 0.3 is 0 Å². The number of ether oxygens (including phenoxy) is 1. The van der Waals surface area contributed by atoms with Crippen molar-refractivity contribution in [1.29, 1.82) is 0 Å². The maximum Gasteiger partial charge on any atom is 0.205 e. The van der Waals surface area contributed by atoms with Gasteiger partial charge in [-0.3, -0.25) is 0 Å². The normalized spacial score (nSPS) is 13.9. The molecule has 1 saturated carbocycles. The second-order valence-electron chi connectivity index (χ2n) is 11.0.